The first-order valence-corrected chi connectivity index (χ1v) is 9.17. The van der Waals surface area contributed by atoms with Gasteiger partial charge >= 0.3 is 12.3 Å². The summed E-state index contributed by atoms with van der Waals surface area (Å²) in [4.78, 5) is 12.0. The lowest BCUT2D eigenvalue weighted by Crippen LogP contribution is -2.43. The van der Waals surface area contributed by atoms with Crippen LogP contribution in [0.25, 0.3) is 0 Å². The molecule has 0 radical (unpaired) electrons. The number of benzene rings is 1. The topological polar surface area (TPSA) is 47.6 Å². The second-order valence-electron chi connectivity index (χ2n) is 7.55. The van der Waals surface area contributed by atoms with Crippen LogP contribution >= 0.6 is 15.9 Å². The molecule has 1 atom stereocenters. The van der Waals surface area contributed by atoms with Crippen molar-refractivity contribution in [2.24, 2.45) is 5.92 Å². The number of ether oxygens (including phenoxy) is 2. The molecule has 9 heteroatoms. The van der Waals surface area contributed by atoms with Crippen LogP contribution in [-0.2, 0) is 10.9 Å². The van der Waals surface area contributed by atoms with Gasteiger partial charge in [0.1, 0.15) is 17.8 Å². The SMILES string of the molecule is CC(C)CC(COc1c(F)cc(Br)cc1C(F)(F)F)NC(=O)OC(C)(C)C. The Hall–Kier alpha value is -1.51. The lowest BCUT2D eigenvalue weighted by atomic mass is 10.0. The zero-order chi connectivity index (χ0) is 21.0. The molecule has 1 N–H and O–H groups in total. The summed E-state index contributed by atoms with van der Waals surface area (Å²) in [6, 6.07) is 0.990. The van der Waals surface area contributed by atoms with Crippen LogP contribution in [0.3, 0.4) is 0 Å². The van der Waals surface area contributed by atoms with Gasteiger partial charge in [0.25, 0.3) is 0 Å². The molecular formula is C18H24BrF4NO3. The van der Waals surface area contributed by atoms with Crippen LogP contribution in [0.15, 0.2) is 16.6 Å². The molecule has 0 aliphatic carbocycles. The van der Waals surface area contributed by atoms with Gasteiger partial charge in [0.05, 0.1) is 6.04 Å². The molecule has 0 spiro atoms. The third kappa shape index (κ3) is 8.36. The number of carbonyl (C=O) groups is 1. The number of hydrogen-bond donors (Lipinski definition) is 1. The molecule has 1 amide bonds. The zero-order valence-electron chi connectivity index (χ0n) is 15.8. The highest BCUT2D eigenvalue weighted by atomic mass is 79.9. The third-order valence-corrected chi connectivity index (χ3v) is 3.68. The Morgan fingerprint density at radius 2 is 1.81 bits per heavy atom. The molecule has 1 unspecified atom stereocenters. The Balaban J connectivity index is 2.97. The second kappa shape index (κ2) is 9.12. The lowest BCUT2D eigenvalue weighted by molar-refractivity contribution is -0.139. The van der Waals surface area contributed by atoms with Crippen molar-refractivity contribution in [1.29, 1.82) is 0 Å². The number of alkyl halides is 3. The van der Waals surface area contributed by atoms with Crippen LogP contribution in [-0.4, -0.2) is 24.3 Å². The fraction of sp³-hybridized carbons (Fsp3) is 0.611. The number of amides is 1. The first-order valence-electron chi connectivity index (χ1n) is 8.37. The first-order chi connectivity index (χ1) is 12.2. The van der Waals surface area contributed by atoms with Crippen molar-refractivity contribution >= 4 is 22.0 Å². The van der Waals surface area contributed by atoms with Crippen molar-refractivity contribution in [2.75, 3.05) is 6.61 Å². The molecule has 1 aromatic carbocycles. The molecule has 0 heterocycles. The van der Waals surface area contributed by atoms with E-state index in [4.69, 9.17) is 9.47 Å². The number of carbonyl (C=O) groups excluding carboxylic acids is 1. The molecular weight excluding hydrogens is 434 g/mol. The lowest BCUT2D eigenvalue weighted by Gasteiger charge is -2.25. The van der Waals surface area contributed by atoms with Crippen LogP contribution in [0.5, 0.6) is 5.75 Å². The molecule has 1 aromatic rings. The molecule has 0 aliphatic heterocycles. The van der Waals surface area contributed by atoms with Gasteiger partial charge in [-0.2, -0.15) is 13.2 Å². The van der Waals surface area contributed by atoms with E-state index in [1.54, 1.807) is 20.8 Å². The Bertz CT molecular complexity index is 657. The molecule has 0 saturated carbocycles. The maximum absolute atomic E-state index is 14.1. The highest BCUT2D eigenvalue weighted by Gasteiger charge is 2.36. The highest BCUT2D eigenvalue weighted by Crippen LogP contribution is 2.39. The van der Waals surface area contributed by atoms with E-state index in [0.717, 1.165) is 12.1 Å². The molecule has 4 nitrogen and oxygen atoms in total. The minimum absolute atomic E-state index is 0.0507. The molecule has 0 aromatic heterocycles. The highest BCUT2D eigenvalue weighted by molar-refractivity contribution is 9.10. The summed E-state index contributed by atoms with van der Waals surface area (Å²) in [6.07, 6.45) is -5.09. The number of alkyl carbamates (subject to hydrolysis) is 1. The molecule has 1 rings (SSSR count). The van der Waals surface area contributed by atoms with E-state index in [-0.39, 0.29) is 17.0 Å². The van der Waals surface area contributed by atoms with Gasteiger partial charge in [-0.3, -0.25) is 0 Å². The average Bonchev–Trinajstić information content (AvgIpc) is 2.41. The number of halogens is 5. The Morgan fingerprint density at radius 3 is 2.30 bits per heavy atom. The summed E-state index contributed by atoms with van der Waals surface area (Å²) < 4.78 is 63.9. The number of nitrogens with one attached hydrogen (secondary N) is 1. The van der Waals surface area contributed by atoms with E-state index < -0.39 is 41.0 Å². The second-order valence-corrected chi connectivity index (χ2v) is 8.46. The smallest absolute Gasteiger partial charge is 0.420 e. The Kier molecular flexibility index (Phi) is 7.95. The monoisotopic (exact) mass is 457 g/mol. The summed E-state index contributed by atoms with van der Waals surface area (Å²) >= 11 is 2.84. The summed E-state index contributed by atoms with van der Waals surface area (Å²) in [6.45, 7) is 8.49. The Labute approximate surface area is 164 Å². The predicted molar refractivity (Wildman–Crippen MR) is 97.2 cm³/mol. The van der Waals surface area contributed by atoms with Gasteiger partial charge < -0.3 is 14.8 Å². The maximum Gasteiger partial charge on any atom is 0.420 e. The van der Waals surface area contributed by atoms with Crippen LogP contribution in [0.4, 0.5) is 22.4 Å². The summed E-state index contributed by atoms with van der Waals surface area (Å²) in [5.74, 6) is -1.92. The van der Waals surface area contributed by atoms with Crippen LogP contribution in [0, 0.1) is 11.7 Å². The van der Waals surface area contributed by atoms with Crippen LogP contribution < -0.4 is 10.1 Å². The van der Waals surface area contributed by atoms with E-state index in [1.807, 2.05) is 13.8 Å². The van der Waals surface area contributed by atoms with Crippen molar-refractivity contribution in [2.45, 2.75) is 58.9 Å². The summed E-state index contributed by atoms with van der Waals surface area (Å²) in [7, 11) is 0. The Morgan fingerprint density at radius 1 is 1.22 bits per heavy atom. The molecule has 154 valence electrons. The minimum atomic E-state index is -4.79. The third-order valence-electron chi connectivity index (χ3n) is 3.22. The van der Waals surface area contributed by atoms with Gasteiger partial charge in [-0.05, 0) is 45.2 Å². The van der Waals surface area contributed by atoms with E-state index in [0.29, 0.717) is 6.42 Å². The van der Waals surface area contributed by atoms with Gasteiger partial charge in [-0.1, -0.05) is 29.8 Å². The number of rotatable bonds is 6. The van der Waals surface area contributed by atoms with Crippen molar-refractivity contribution in [3.05, 3.63) is 28.0 Å². The first kappa shape index (κ1) is 23.5. The van der Waals surface area contributed by atoms with Gasteiger partial charge in [0, 0.05) is 4.47 Å². The van der Waals surface area contributed by atoms with E-state index >= 15 is 0 Å². The van der Waals surface area contributed by atoms with E-state index in [9.17, 15) is 22.4 Å². The van der Waals surface area contributed by atoms with Crippen LogP contribution in [0.1, 0.15) is 46.6 Å². The molecule has 0 aliphatic rings. The zero-order valence-corrected chi connectivity index (χ0v) is 17.4. The predicted octanol–water partition coefficient (Wildman–Crippen LogP) is 5.93. The van der Waals surface area contributed by atoms with Crippen molar-refractivity contribution < 1.29 is 31.8 Å². The van der Waals surface area contributed by atoms with Gasteiger partial charge in [-0.25, -0.2) is 9.18 Å². The summed E-state index contributed by atoms with van der Waals surface area (Å²) in [5, 5.41) is 2.57. The standard InChI is InChI=1S/C18H24BrF4NO3/c1-10(2)6-12(24-16(25)27-17(3,4)5)9-26-15-13(18(21,22)23)7-11(19)8-14(15)20/h7-8,10,12H,6,9H2,1-5H3,(H,24,25). The molecule has 0 bridgehead atoms. The van der Waals surface area contributed by atoms with Crippen molar-refractivity contribution in [1.82, 2.24) is 5.32 Å². The van der Waals surface area contributed by atoms with Gasteiger partial charge in [0.2, 0.25) is 0 Å². The molecule has 0 fully saturated rings. The maximum atomic E-state index is 14.1. The molecule has 27 heavy (non-hydrogen) atoms. The van der Waals surface area contributed by atoms with Crippen molar-refractivity contribution in [3.63, 3.8) is 0 Å². The summed E-state index contributed by atoms with van der Waals surface area (Å²) in [5.41, 5.74) is -1.95. The average molecular weight is 458 g/mol. The van der Waals surface area contributed by atoms with E-state index in [1.165, 1.54) is 0 Å². The van der Waals surface area contributed by atoms with Gasteiger partial charge in [-0.15, -0.1) is 0 Å². The molecule has 0 saturated heterocycles. The fourth-order valence-electron chi connectivity index (χ4n) is 2.31. The normalized spacial score (nSPS) is 13.4. The van der Waals surface area contributed by atoms with Gasteiger partial charge in [0.15, 0.2) is 11.6 Å². The quantitative estimate of drug-likeness (QED) is 0.538. The minimum Gasteiger partial charge on any atom is -0.488 e. The van der Waals surface area contributed by atoms with Crippen molar-refractivity contribution in [3.8, 4) is 5.75 Å². The largest absolute Gasteiger partial charge is 0.488 e. The fourth-order valence-corrected chi connectivity index (χ4v) is 2.74. The van der Waals surface area contributed by atoms with Crippen LogP contribution in [0.2, 0.25) is 0 Å². The van der Waals surface area contributed by atoms with E-state index in [2.05, 4.69) is 21.2 Å². The number of hydrogen-bond acceptors (Lipinski definition) is 3.